The van der Waals surface area contributed by atoms with Crippen LogP contribution in [0.4, 0.5) is 0 Å². The summed E-state index contributed by atoms with van der Waals surface area (Å²) in [5.74, 6) is -0.0207. The van der Waals surface area contributed by atoms with Gasteiger partial charge in [0.15, 0.2) is 0 Å². The van der Waals surface area contributed by atoms with Gasteiger partial charge < -0.3 is 14.6 Å². The summed E-state index contributed by atoms with van der Waals surface area (Å²) in [6.07, 6.45) is 3.72. The maximum Gasteiger partial charge on any atom is 0.253 e. The number of aromatic nitrogens is 1. The van der Waals surface area contributed by atoms with E-state index >= 15 is 0 Å². The van der Waals surface area contributed by atoms with E-state index in [1.54, 1.807) is 0 Å². The first kappa shape index (κ1) is 18.3. The number of benzene rings is 2. The number of rotatable bonds is 4. The van der Waals surface area contributed by atoms with Crippen LogP contribution in [-0.4, -0.2) is 30.2 Å². The predicted molar refractivity (Wildman–Crippen MR) is 111 cm³/mol. The fourth-order valence-electron chi connectivity index (χ4n) is 4.02. The van der Waals surface area contributed by atoms with Crippen molar-refractivity contribution in [1.29, 1.82) is 0 Å². The van der Waals surface area contributed by atoms with E-state index in [4.69, 9.17) is 4.74 Å². The summed E-state index contributed by atoms with van der Waals surface area (Å²) in [6.45, 7) is 2.04. The van der Waals surface area contributed by atoms with Gasteiger partial charge in [0.2, 0.25) is 0 Å². The van der Waals surface area contributed by atoms with E-state index in [9.17, 15) is 4.79 Å². The molecule has 2 heterocycles. The average Bonchev–Trinajstić information content (AvgIpc) is 3.04. The highest BCUT2D eigenvalue weighted by Crippen LogP contribution is 2.35. The Hall–Kier alpha value is -2.11. The molecule has 4 rings (SSSR count). The third-order valence-corrected chi connectivity index (χ3v) is 6.11. The fraction of sp³-hybridized carbons (Fsp3) is 0.318. The van der Waals surface area contributed by atoms with Crippen molar-refractivity contribution in [2.45, 2.75) is 18.3 Å². The van der Waals surface area contributed by atoms with E-state index in [1.807, 2.05) is 48.1 Å². The second-order valence-corrected chi connectivity index (χ2v) is 8.17. The first-order chi connectivity index (χ1) is 13.1. The van der Waals surface area contributed by atoms with Crippen LogP contribution in [-0.2, 0) is 17.2 Å². The number of carbonyl (C=O) groups is 1. The first-order valence-electron chi connectivity index (χ1n) is 9.25. The molecule has 1 saturated heterocycles. The van der Waals surface area contributed by atoms with E-state index in [0.29, 0.717) is 6.54 Å². The minimum atomic E-state index is -0.0950. The molecule has 1 amide bonds. The van der Waals surface area contributed by atoms with Gasteiger partial charge in [-0.2, -0.15) is 0 Å². The molecule has 0 unspecified atom stereocenters. The van der Waals surface area contributed by atoms with Gasteiger partial charge in [-0.15, -0.1) is 0 Å². The molecular formula is C22H23BrN2O2. The largest absolute Gasteiger partial charge is 0.381 e. The van der Waals surface area contributed by atoms with Crippen LogP contribution in [0.3, 0.4) is 0 Å². The molecule has 0 atom stereocenters. The summed E-state index contributed by atoms with van der Waals surface area (Å²) in [5.41, 5.74) is 2.95. The second-order valence-electron chi connectivity index (χ2n) is 7.26. The molecule has 140 valence electrons. The third kappa shape index (κ3) is 3.54. The molecule has 0 spiro atoms. The molecule has 1 aliphatic rings. The van der Waals surface area contributed by atoms with Crippen LogP contribution in [0, 0.1) is 0 Å². The lowest BCUT2D eigenvalue weighted by atomic mass is 9.74. The maximum absolute atomic E-state index is 13.0. The number of hydrogen-bond acceptors (Lipinski definition) is 2. The minimum absolute atomic E-state index is 0.0207. The van der Waals surface area contributed by atoms with Crippen molar-refractivity contribution >= 4 is 32.7 Å². The minimum Gasteiger partial charge on any atom is -0.381 e. The van der Waals surface area contributed by atoms with E-state index < -0.39 is 0 Å². The molecular weight excluding hydrogens is 404 g/mol. The van der Waals surface area contributed by atoms with E-state index in [1.165, 1.54) is 5.56 Å². The Labute approximate surface area is 167 Å². The van der Waals surface area contributed by atoms with Gasteiger partial charge in [-0.05, 0) is 36.6 Å². The van der Waals surface area contributed by atoms with Crippen molar-refractivity contribution in [3.05, 3.63) is 70.3 Å². The van der Waals surface area contributed by atoms with E-state index in [0.717, 1.165) is 47.0 Å². The van der Waals surface area contributed by atoms with Gasteiger partial charge in [0.25, 0.3) is 5.91 Å². The molecule has 1 aromatic heterocycles. The normalized spacial score (nSPS) is 16.4. The topological polar surface area (TPSA) is 43.3 Å². The third-order valence-electron chi connectivity index (χ3n) is 5.62. The van der Waals surface area contributed by atoms with Crippen molar-refractivity contribution < 1.29 is 9.53 Å². The van der Waals surface area contributed by atoms with E-state index in [2.05, 4.69) is 39.4 Å². The molecule has 0 saturated carbocycles. The second kappa shape index (κ2) is 7.49. The highest BCUT2D eigenvalue weighted by atomic mass is 79.9. The molecule has 1 N–H and O–H groups in total. The molecule has 5 heteroatoms. The van der Waals surface area contributed by atoms with Crippen molar-refractivity contribution in [1.82, 2.24) is 9.88 Å². The fourth-order valence-corrected chi connectivity index (χ4v) is 4.41. The zero-order valence-corrected chi connectivity index (χ0v) is 17.0. The van der Waals surface area contributed by atoms with Crippen LogP contribution < -0.4 is 5.32 Å². The summed E-state index contributed by atoms with van der Waals surface area (Å²) in [5, 5.41) is 4.20. The number of halogens is 1. The Bertz CT molecular complexity index is 973. The number of amides is 1. The molecule has 3 aromatic rings. The zero-order valence-electron chi connectivity index (χ0n) is 15.4. The molecule has 4 nitrogen and oxygen atoms in total. The van der Waals surface area contributed by atoms with Crippen LogP contribution in [0.5, 0.6) is 0 Å². The monoisotopic (exact) mass is 426 g/mol. The molecule has 0 aliphatic carbocycles. The Morgan fingerprint density at radius 1 is 1.19 bits per heavy atom. The molecule has 0 radical (unpaired) electrons. The number of aryl methyl sites for hydroxylation is 1. The first-order valence-corrected chi connectivity index (χ1v) is 10.0. The lowest BCUT2D eigenvalue weighted by Crippen LogP contribution is -2.44. The Balaban J connectivity index is 1.60. The van der Waals surface area contributed by atoms with Gasteiger partial charge >= 0.3 is 0 Å². The molecule has 1 aliphatic heterocycles. The highest BCUT2D eigenvalue weighted by Gasteiger charge is 2.35. The number of fused-ring (bicyclic) bond motifs is 1. The SMILES string of the molecule is Cn1cc(C(=O)NCC2(c3cccc(Br)c3)CCOCC2)c2ccccc21. The van der Waals surface area contributed by atoms with Crippen LogP contribution in [0.25, 0.3) is 10.9 Å². The van der Waals surface area contributed by atoms with Crippen LogP contribution in [0.1, 0.15) is 28.8 Å². The Morgan fingerprint density at radius 3 is 2.74 bits per heavy atom. The summed E-state index contributed by atoms with van der Waals surface area (Å²) in [7, 11) is 1.97. The Kier molecular flexibility index (Phi) is 5.06. The quantitative estimate of drug-likeness (QED) is 0.670. The van der Waals surface area contributed by atoms with Crippen LogP contribution in [0.15, 0.2) is 59.2 Å². The predicted octanol–water partition coefficient (Wildman–Crippen LogP) is 4.42. The summed E-state index contributed by atoms with van der Waals surface area (Å²) < 4.78 is 8.67. The van der Waals surface area contributed by atoms with Gasteiger partial charge in [-0.1, -0.05) is 46.3 Å². The van der Waals surface area contributed by atoms with Gasteiger partial charge in [0.05, 0.1) is 5.56 Å². The lowest BCUT2D eigenvalue weighted by Gasteiger charge is -2.38. The summed E-state index contributed by atoms with van der Waals surface area (Å²) in [6, 6.07) is 16.4. The van der Waals surface area contributed by atoms with E-state index in [-0.39, 0.29) is 11.3 Å². The highest BCUT2D eigenvalue weighted by molar-refractivity contribution is 9.10. The molecule has 2 aromatic carbocycles. The number of carbonyl (C=O) groups excluding carboxylic acids is 1. The van der Waals surface area contributed by atoms with Crippen LogP contribution in [0.2, 0.25) is 0 Å². The van der Waals surface area contributed by atoms with Gasteiger partial charge in [-0.3, -0.25) is 4.79 Å². The number of hydrogen-bond donors (Lipinski definition) is 1. The standard InChI is InChI=1S/C22H23BrN2O2/c1-25-14-19(18-7-2-3-8-20(18)25)21(26)24-15-22(9-11-27-12-10-22)16-5-4-6-17(23)13-16/h2-8,13-14H,9-12,15H2,1H3,(H,24,26). The smallest absolute Gasteiger partial charge is 0.253 e. The van der Waals surface area contributed by atoms with Gasteiger partial charge in [0, 0.05) is 53.8 Å². The van der Waals surface area contributed by atoms with Gasteiger partial charge in [-0.25, -0.2) is 0 Å². The lowest BCUT2D eigenvalue weighted by molar-refractivity contribution is 0.0487. The van der Waals surface area contributed by atoms with Crippen molar-refractivity contribution in [2.75, 3.05) is 19.8 Å². The Morgan fingerprint density at radius 2 is 1.96 bits per heavy atom. The number of para-hydroxylation sites is 1. The molecule has 0 bridgehead atoms. The van der Waals surface area contributed by atoms with Gasteiger partial charge in [0.1, 0.15) is 0 Å². The number of ether oxygens (including phenoxy) is 1. The average molecular weight is 427 g/mol. The number of nitrogens with one attached hydrogen (secondary N) is 1. The maximum atomic E-state index is 13.0. The molecule has 1 fully saturated rings. The van der Waals surface area contributed by atoms with Crippen molar-refractivity contribution in [3.8, 4) is 0 Å². The van der Waals surface area contributed by atoms with Crippen molar-refractivity contribution in [3.63, 3.8) is 0 Å². The summed E-state index contributed by atoms with van der Waals surface area (Å²) >= 11 is 3.58. The summed E-state index contributed by atoms with van der Waals surface area (Å²) in [4.78, 5) is 13.0. The zero-order chi connectivity index (χ0) is 18.9. The van der Waals surface area contributed by atoms with Crippen LogP contribution >= 0.6 is 15.9 Å². The molecule has 27 heavy (non-hydrogen) atoms. The number of nitrogens with zero attached hydrogens (tertiary/aromatic N) is 1. The van der Waals surface area contributed by atoms with Crippen molar-refractivity contribution in [2.24, 2.45) is 7.05 Å².